The van der Waals surface area contributed by atoms with Gasteiger partial charge in [-0.15, -0.1) is 0 Å². The van der Waals surface area contributed by atoms with Crippen LogP contribution in [-0.4, -0.2) is 74.2 Å². The summed E-state index contributed by atoms with van der Waals surface area (Å²) in [4.78, 5) is 37.5. The monoisotopic (exact) mass is 397 g/mol. The highest BCUT2D eigenvalue weighted by molar-refractivity contribution is 7.89. The number of hydrogen-bond donors (Lipinski definition) is 1. The Bertz CT molecular complexity index is 811. The standard InChI is InChI=1S/C17H23N3O6S/c1-12(17(23)26-3)18-16(22)15-11-19(9-10-20(15)13(2)21)27(24,25)14-7-5-4-6-8-14/h4-8,12,15H,9-11H2,1-3H3,(H,18,22)/t12-,15-/m1/s1. The van der Waals surface area contributed by atoms with Gasteiger partial charge in [0.1, 0.15) is 12.1 Å². The molecule has 2 amide bonds. The van der Waals surface area contributed by atoms with Crippen LogP contribution in [-0.2, 0) is 29.1 Å². The summed E-state index contributed by atoms with van der Waals surface area (Å²) < 4.78 is 31.4. The van der Waals surface area contributed by atoms with Crippen molar-refractivity contribution >= 4 is 27.8 Å². The van der Waals surface area contributed by atoms with Gasteiger partial charge >= 0.3 is 5.97 Å². The molecule has 1 fully saturated rings. The number of nitrogens with zero attached hydrogens (tertiary/aromatic N) is 2. The van der Waals surface area contributed by atoms with Crippen molar-refractivity contribution in [1.82, 2.24) is 14.5 Å². The topological polar surface area (TPSA) is 113 Å². The van der Waals surface area contributed by atoms with Crippen LogP contribution < -0.4 is 5.32 Å². The van der Waals surface area contributed by atoms with Gasteiger partial charge < -0.3 is 15.0 Å². The lowest BCUT2D eigenvalue weighted by atomic mass is 10.1. The van der Waals surface area contributed by atoms with Crippen molar-refractivity contribution < 1.29 is 27.5 Å². The molecule has 0 saturated carbocycles. The maximum Gasteiger partial charge on any atom is 0.328 e. The van der Waals surface area contributed by atoms with Gasteiger partial charge in [0, 0.05) is 26.6 Å². The van der Waals surface area contributed by atoms with Gasteiger partial charge in [-0.25, -0.2) is 13.2 Å². The fourth-order valence-electron chi connectivity index (χ4n) is 2.86. The minimum Gasteiger partial charge on any atom is -0.467 e. The van der Waals surface area contributed by atoms with Gasteiger partial charge in [0.15, 0.2) is 0 Å². The summed E-state index contributed by atoms with van der Waals surface area (Å²) >= 11 is 0. The Morgan fingerprint density at radius 3 is 2.37 bits per heavy atom. The van der Waals surface area contributed by atoms with Crippen molar-refractivity contribution in [3.8, 4) is 0 Å². The Labute approximate surface area is 158 Å². The normalized spacial score (nSPS) is 19.2. The van der Waals surface area contributed by atoms with Crippen molar-refractivity contribution in [1.29, 1.82) is 0 Å². The average Bonchev–Trinajstić information content (AvgIpc) is 2.67. The van der Waals surface area contributed by atoms with E-state index in [2.05, 4.69) is 10.1 Å². The molecule has 1 aliphatic rings. The summed E-state index contributed by atoms with van der Waals surface area (Å²) in [6.45, 7) is 2.71. The third kappa shape index (κ3) is 4.64. The number of sulfonamides is 1. The van der Waals surface area contributed by atoms with E-state index in [0.29, 0.717) is 0 Å². The van der Waals surface area contributed by atoms with Gasteiger partial charge in [0.05, 0.1) is 12.0 Å². The largest absolute Gasteiger partial charge is 0.467 e. The molecule has 10 heteroatoms. The summed E-state index contributed by atoms with van der Waals surface area (Å²) in [5.74, 6) is -1.60. The summed E-state index contributed by atoms with van der Waals surface area (Å²) in [7, 11) is -2.61. The number of hydrogen-bond acceptors (Lipinski definition) is 6. The smallest absolute Gasteiger partial charge is 0.328 e. The molecule has 0 unspecified atom stereocenters. The van der Waals surface area contributed by atoms with E-state index < -0.39 is 34.0 Å². The Morgan fingerprint density at radius 1 is 1.19 bits per heavy atom. The van der Waals surface area contributed by atoms with Crippen molar-refractivity contribution in [3.05, 3.63) is 30.3 Å². The Morgan fingerprint density at radius 2 is 1.81 bits per heavy atom. The van der Waals surface area contributed by atoms with Crippen molar-refractivity contribution in [2.24, 2.45) is 0 Å². The maximum atomic E-state index is 12.8. The highest BCUT2D eigenvalue weighted by atomic mass is 32.2. The lowest BCUT2D eigenvalue weighted by Gasteiger charge is -2.39. The van der Waals surface area contributed by atoms with Crippen LogP contribution in [0.15, 0.2) is 35.2 Å². The predicted molar refractivity (Wildman–Crippen MR) is 96.0 cm³/mol. The Hall–Kier alpha value is -2.46. The first kappa shape index (κ1) is 20.8. The number of piperazine rings is 1. The number of ether oxygens (including phenoxy) is 1. The molecule has 1 aromatic rings. The van der Waals surface area contributed by atoms with Gasteiger partial charge in [-0.1, -0.05) is 18.2 Å². The Kier molecular flexibility index (Phi) is 6.55. The van der Waals surface area contributed by atoms with E-state index in [1.165, 1.54) is 42.3 Å². The maximum absolute atomic E-state index is 12.8. The molecule has 0 aromatic heterocycles. The number of amides is 2. The molecule has 0 spiro atoms. The van der Waals surface area contributed by atoms with Crippen LogP contribution in [0.2, 0.25) is 0 Å². The zero-order valence-corrected chi connectivity index (χ0v) is 16.2. The van der Waals surface area contributed by atoms with Crippen LogP contribution in [0.25, 0.3) is 0 Å². The highest BCUT2D eigenvalue weighted by Crippen LogP contribution is 2.20. The van der Waals surface area contributed by atoms with Gasteiger partial charge in [0.25, 0.3) is 0 Å². The lowest BCUT2D eigenvalue weighted by molar-refractivity contribution is -0.147. The number of carbonyl (C=O) groups is 3. The van der Waals surface area contributed by atoms with E-state index >= 15 is 0 Å². The molecule has 0 bridgehead atoms. The average molecular weight is 397 g/mol. The molecule has 1 saturated heterocycles. The molecule has 0 aliphatic carbocycles. The third-order valence-electron chi connectivity index (χ3n) is 4.34. The second-order valence-electron chi connectivity index (χ2n) is 6.16. The second kappa shape index (κ2) is 8.49. The fourth-order valence-corrected chi connectivity index (χ4v) is 4.32. The molecule has 2 rings (SSSR count). The number of benzene rings is 1. The molecule has 1 N–H and O–H groups in total. The van der Waals surface area contributed by atoms with E-state index in [0.717, 1.165) is 0 Å². The van der Waals surface area contributed by atoms with Crippen LogP contribution in [0.5, 0.6) is 0 Å². The minimum absolute atomic E-state index is 0.0755. The van der Waals surface area contributed by atoms with Crippen molar-refractivity contribution in [3.63, 3.8) is 0 Å². The third-order valence-corrected chi connectivity index (χ3v) is 6.22. The molecule has 1 aromatic carbocycles. The molecule has 1 aliphatic heterocycles. The van der Waals surface area contributed by atoms with E-state index in [1.807, 2.05) is 0 Å². The Balaban J connectivity index is 2.23. The SMILES string of the molecule is COC(=O)[C@@H](C)NC(=O)[C@H]1CN(S(=O)(=O)c2ccccc2)CCN1C(C)=O. The van der Waals surface area contributed by atoms with Crippen LogP contribution in [0.3, 0.4) is 0 Å². The predicted octanol–water partition coefficient (Wildman–Crippen LogP) is -0.414. The van der Waals surface area contributed by atoms with Gasteiger partial charge in [0.2, 0.25) is 21.8 Å². The summed E-state index contributed by atoms with van der Waals surface area (Å²) in [5, 5.41) is 2.47. The first-order chi connectivity index (χ1) is 12.7. The lowest BCUT2D eigenvalue weighted by Crippen LogP contribution is -2.62. The van der Waals surface area contributed by atoms with Crippen LogP contribution in [0.1, 0.15) is 13.8 Å². The molecule has 0 radical (unpaired) electrons. The molecular formula is C17H23N3O6S. The number of rotatable bonds is 5. The van der Waals surface area contributed by atoms with Crippen LogP contribution >= 0.6 is 0 Å². The zero-order valence-electron chi connectivity index (χ0n) is 15.4. The zero-order chi connectivity index (χ0) is 20.2. The van der Waals surface area contributed by atoms with Crippen LogP contribution in [0.4, 0.5) is 0 Å². The van der Waals surface area contributed by atoms with Gasteiger partial charge in [-0.2, -0.15) is 4.31 Å². The van der Waals surface area contributed by atoms with Crippen molar-refractivity contribution in [2.75, 3.05) is 26.7 Å². The first-order valence-corrected chi connectivity index (χ1v) is 9.83. The van der Waals surface area contributed by atoms with Crippen LogP contribution in [0, 0.1) is 0 Å². The number of nitrogens with one attached hydrogen (secondary N) is 1. The molecule has 9 nitrogen and oxygen atoms in total. The van der Waals surface area contributed by atoms with E-state index in [4.69, 9.17) is 0 Å². The summed E-state index contributed by atoms with van der Waals surface area (Å²) in [6, 6.07) is 5.92. The van der Waals surface area contributed by atoms with E-state index in [-0.39, 0.29) is 30.4 Å². The number of carbonyl (C=O) groups excluding carboxylic acids is 3. The molecular weight excluding hydrogens is 374 g/mol. The molecule has 1 heterocycles. The molecule has 2 atom stereocenters. The quantitative estimate of drug-likeness (QED) is 0.676. The van der Waals surface area contributed by atoms with Crippen molar-refractivity contribution in [2.45, 2.75) is 30.8 Å². The van der Waals surface area contributed by atoms with Gasteiger partial charge in [-0.3, -0.25) is 9.59 Å². The summed E-state index contributed by atoms with van der Waals surface area (Å²) in [6.07, 6.45) is 0. The fraction of sp³-hybridized carbons (Fsp3) is 0.471. The van der Waals surface area contributed by atoms with Gasteiger partial charge in [-0.05, 0) is 19.1 Å². The highest BCUT2D eigenvalue weighted by Gasteiger charge is 2.39. The number of esters is 1. The number of methoxy groups -OCH3 is 1. The van der Waals surface area contributed by atoms with E-state index in [1.54, 1.807) is 18.2 Å². The molecule has 148 valence electrons. The molecule has 27 heavy (non-hydrogen) atoms. The summed E-state index contributed by atoms with van der Waals surface area (Å²) in [5.41, 5.74) is 0. The van der Waals surface area contributed by atoms with E-state index in [9.17, 15) is 22.8 Å². The second-order valence-corrected chi connectivity index (χ2v) is 8.10. The first-order valence-electron chi connectivity index (χ1n) is 8.39. The minimum atomic E-state index is -3.80.